The SMILES string of the molecule is Cc1cc(P(=O)(c2ccccc2)c2ccccc2)nn1C. The Morgan fingerprint density at radius 2 is 1.38 bits per heavy atom. The van der Waals surface area contributed by atoms with Crippen molar-refractivity contribution in [3.63, 3.8) is 0 Å². The van der Waals surface area contributed by atoms with Crippen molar-refractivity contribution < 1.29 is 4.57 Å². The normalized spacial score (nSPS) is 11.5. The zero-order chi connectivity index (χ0) is 14.9. The van der Waals surface area contributed by atoms with Crippen LogP contribution in [0.25, 0.3) is 0 Å². The Kier molecular flexibility index (Phi) is 3.52. The second-order valence-corrected chi connectivity index (χ2v) is 7.76. The molecule has 106 valence electrons. The van der Waals surface area contributed by atoms with Crippen molar-refractivity contribution in [2.24, 2.45) is 7.05 Å². The van der Waals surface area contributed by atoms with E-state index in [-0.39, 0.29) is 0 Å². The van der Waals surface area contributed by atoms with E-state index < -0.39 is 7.14 Å². The molecule has 0 saturated heterocycles. The molecule has 0 atom stereocenters. The van der Waals surface area contributed by atoms with E-state index in [1.54, 1.807) is 4.68 Å². The van der Waals surface area contributed by atoms with Gasteiger partial charge in [-0.25, -0.2) is 0 Å². The van der Waals surface area contributed by atoms with Crippen LogP contribution in [0.4, 0.5) is 0 Å². The first-order valence-corrected chi connectivity index (χ1v) is 8.55. The Balaban J connectivity index is 2.28. The van der Waals surface area contributed by atoms with Gasteiger partial charge in [0.05, 0.1) is 0 Å². The fourth-order valence-electron chi connectivity index (χ4n) is 2.39. The van der Waals surface area contributed by atoms with Crippen molar-refractivity contribution in [3.8, 4) is 0 Å². The molecule has 4 heteroatoms. The van der Waals surface area contributed by atoms with Gasteiger partial charge in [0, 0.05) is 23.4 Å². The van der Waals surface area contributed by atoms with E-state index in [9.17, 15) is 4.57 Å². The quantitative estimate of drug-likeness (QED) is 0.696. The summed E-state index contributed by atoms with van der Waals surface area (Å²) in [5.41, 5.74) is 1.64. The molecule has 0 aliphatic heterocycles. The van der Waals surface area contributed by atoms with E-state index in [2.05, 4.69) is 5.10 Å². The lowest BCUT2D eigenvalue weighted by Gasteiger charge is -2.17. The molecule has 0 amide bonds. The molecule has 0 radical (unpaired) electrons. The van der Waals surface area contributed by atoms with E-state index in [1.807, 2.05) is 80.7 Å². The van der Waals surface area contributed by atoms with E-state index >= 15 is 0 Å². The van der Waals surface area contributed by atoms with Crippen molar-refractivity contribution in [2.45, 2.75) is 6.92 Å². The molecule has 3 rings (SSSR count). The molecule has 0 N–H and O–H groups in total. The van der Waals surface area contributed by atoms with Crippen LogP contribution in [-0.4, -0.2) is 9.78 Å². The highest BCUT2D eigenvalue weighted by atomic mass is 31.2. The van der Waals surface area contributed by atoms with E-state index in [0.717, 1.165) is 16.3 Å². The molecule has 0 fully saturated rings. The Morgan fingerprint density at radius 3 is 1.76 bits per heavy atom. The summed E-state index contributed by atoms with van der Waals surface area (Å²) in [5, 5.41) is 6.12. The first-order valence-electron chi connectivity index (χ1n) is 6.85. The monoisotopic (exact) mass is 296 g/mol. The highest BCUT2D eigenvalue weighted by molar-refractivity contribution is 7.85. The van der Waals surface area contributed by atoms with Gasteiger partial charge in [-0.2, -0.15) is 5.10 Å². The molecule has 0 bridgehead atoms. The molecule has 21 heavy (non-hydrogen) atoms. The van der Waals surface area contributed by atoms with Crippen LogP contribution in [0.2, 0.25) is 0 Å². The molecule has 0 aliphatic carbocycles. The topological polar surface area (TPSA) is 34.9 Å². The van der Waals surface area contributed by atoms with Gasteiger partial charge in [-0.15, -0.1) is 0 Å². The molecular weight excluding hydrogens is 279 g/mol. The average molecular weight is 296 g/mol. The number of hydrogen-bond acceptors (Lipinski definition) is 2. The summed E-state index contributed by atoms with van der Waals surface area (Å²) in [7, 11) is -1.04. The van der Waals surface area contributed by atoms with Crippen molar-refractivity contribution in [2.75, 3.05) is 0 Å². The summed E-state index contributed by atoms with van der Waals surface area (Å²) in [5.74, 6) is 0. The van der Waals surface area contributed by atoms with E-state index in [4.69, 9.17) is 0 Å². The van der Waals surface area contributed by atoms with Crippen molar-refractivity contribution in [3.05, 3.63) is 72.4 Å². The molecule has 1 heterocycles. The summed E-state index contributed by atoms with van der Waals surface area (Å²) < 4.78 is 15.7. The number of rotatable bonds is 3. The van der Waals surface area contributed by atoms with Crippen LogP contribution < -0.4 is 16.0 Å². The molecular formula is C17H17N2OP. The maximum absolute atomic E-state index is 13.9. The lowest BCUT2D eigenvalue weighted by atomic mass is 10.4. The van der Waals surface area contributed by atoms with Crippen LogP contribution in [0.5, 0.6) is 0 Å². The van der Waals surface area contributed by atoms with Crippen LogP contribution >= 0.6 is 7.14 Å². The smallest absolute Gasteiger partial charge is 0.190 e. The van der Waals surface area contributed by atoms with Gasteiger partial charge in [0.1, 0.15) is 5.44 Å². The summed E-state index contributed by atoms with van der Waals surface area (Å²) in [4.78, 5) is 0. The molecule has 0 saturated carbocycles. The van der Waals surface area contributed by atoms with Gasteiger partial charge in [-0.3, -0.25) is 4.68 Å². The van der Waals surface area contributed by atoms with Gasteiger partial charge in [0.2, 0.25) is 0 Å². The number of nitrogens with zero attached hydrogens (tertiary/aromatic N) is 2. The zero-order valence-corrected chi connectivity index (χ0v) is 13.0. The van der Waals surface area contributed by atoms with Crippen LogP contribution in [0.15, 0.2) is 66.7 Å². The maximum Gasteiger partial charge on any atom is 0.190 e. The van der Waals surface area contributed by atoms with E-state index in [1.165, 1.54) is 0 Å². The third kappa shape index (κ3) is 2.34. The Bertz CT molecular complexity index is 731. The number of hydrogen-bond donors (Lipinski definition) is 0. The number of benzene rings is 2. The first-order chi connectivity index (χ1) is 10.1. The predicted molar refractivity (Wildman–Crippen MR) is 87.3 cm³/mol. The molecule has 3 aromatic rings. The molecule has 3 nitrogen and oxygen atoms in total. The molecule has 0 spiro atoms. The van der Waals surface area contributed by atoms with Crippen LogP contribution in [-0.2, 0) is 11.6 Å². The first kappa shape index (κ1) is 13.8. The van der Waals surface area contributed by atoms with Crippen molar-refractivity contribution in [1.82, 2.24) is 9.78 Å². The van der Waals surface area contributed by atoms with Gasteiger partial charge >= 0.3 is 0 Å². The van der Waals surface area contributed by atoms with Crippen LogP contribution in [0.3, 0.4) is 0 Å². The van der Waals surface area contributed by atoms with Gasteiger partial charge in [0.15, 0.2) is 7.14 Å². The largest absolute Gasteiger partial charge is 0.307 e. The average Bonchev–Trinajstić information content (AvgIpc) is 2.88. The molecule has 2 aromatic carbocycles. The summed E-state index contributed by atoms with van der Waals surface area (Å²) in [6.07, 6.45) is 0. The fourth-order valence-corrected chi connectivity index (χ4v) is 5.02. The third-order valence-electron chi connectivity index (χ3n) is 3.66. The molecule has 1 aromatic heterocycles. The van der Waals surface area contributed by atoms with Gasteiger partial charge < -0.3 is 4.57 Å². The van der Waals surface area contributed by atoms with E-state index in [0.29, 0.717) is 5.44 Å². The summed E-state index contributed by atoms with van der Waals surface area (Å²) in [6.45, 7) is 1.97. The van der Waals surface area contributed by atoms with Gasteiger partial charge in [-0.05, 0) is 13.0 Å². The van der Waals surface area contributed by atoms with Crippen LogP contribution in [0.1, 0.15) is 5.69 Å². The minimum absolute atomic E-state index is 0.639. The lowest BCUT2D eigenvalue weighted by molar-refractivity contribution is 0.591. The van der Waals surface area contributed by atoms with Gasteiger partial charge in [0.25, 0.3) is 0 Å². The maximum atomic E-state index is 13.9. The van der Waals surface area contributed by atoms with Crippen LogP contribution in [0, 0.1) is 6.92 Å². The van der Waals surface area contributed by atoms with Crippen molar-refractivity contribution >= 4 is 23.2 Å². The Morgan fingerprint density at radius 1 is 0.905 bits per heavy atom. The lowest BCUT2D eigenvalue weighted by Crippen LogP contribution is -2.26. The number of aromatic nitrogens is 2. The van der Waals surface area contributed by atoms with Gasteiger partial charge in [-0.1, -0.05) is 60.7 Å². The minimum atomic E-state index is -2.91. The number of aryl methyl sites for hydroxylation is 2. The zero-order valence-electron chi connectivity index (χ0n) is 12.1. The molecule has 0 aliphatic rings. The van der Waals surface area contributed by atoms with Crippen molar-refractivity contribution in [1.29, 1.82) is 0 Å². The minimum Gasteiger partial charge on any atom is -0.307 e. The highest BCUT2D eigenvalue weighted by Gasteiger charge is 2.32. The summed E-state index contributed by atoms with van der Waals surface area (Å²) >= 11 is 0. The Labute approximate surface area is 124 Å². The highest BCUT2D eigenvalue weighted by Crippen LogP contribution is 2.41. The second-order valence-electron chi connectivity index (χ2n) is 5.05. The molecule has 0 unspecified atom stereocenters. The predicted octanol–water partition coefficient (Wildman–Crippen LogP) is 2.37. The summed E-state index contributed by atoms with van der Waals surface area (Å²) in [6, 6.07) is 21.1. The Hall–Kier alpha value is -2.12. The standard InChI is InChI=1S/C17H17N2OP/c1-14-13-17(18-19(14)2)21(20,15-9-5-3-6-10-15)16-11-7-4-8-12-16/h3-13H,1-2H3. The second kappa shape index (κ2) is 5.34. The fraction of sp³-hybridized carbons (Fsp3) is 0.118. The third-order valence-corrected chi connectivity index (χ3v) is 6.58.